The van der Waals surface area contributed by atoms with Crippen molar-refractivity contribution in [2.24, 2.45) is 0 Å². The average molecular weight is 363 g/mol. The lowest BCUT2D eigenvalue weighted by molar-refractivity contribution is 0.0599. The van der Waals surface area contributed by atoms with Crippen LogP contribution in [0.4, 0.5) is 0 Å². The summed E-state index contributed by atoms with van der Waals surface area (Å²) in [6.07, 6.45) is 1.34. The minimum absolute atomic E-state index is 0.216. The van der Waals surface area contributed by atoms with Crippen molar-refractivity contribution in [2.45, 2.75) is 6.54 Å². The summed E-state index contributed by atoms with van der Waals surface area (Å²) in [5.74, 6) is -0.694. The van der Waals surface area contributed by atoms with E-state index in [-0.39, 0.29) is 11.6 Å². The van der Waals surface area contributed by atoms with Crippen molar-refractivity contribution in [3.63, 3.8) is 0 Å². The molecule has 0 saturated carbocycles. The highest BCUT2D eigenvalue weighted by atomic mass is 79.9. The van der Waals surface area contributed by atoms with Crippen LogP contribution in [0.2, 0.25) is 0 Å². The first kappa shape index (κ1) is 16.2. The van der Waals surface area contributed by atoms with Crippen molar-refractivity contribution in [2.75, 3.05) is 14.2 Å². The van der Waals surface area contributed by atoms with Gasteiger partial charge in [-0.2, -0.15) is 0 Å². The topological polar surface area (TPSA) is 59.5 Å². The molecule has 2 aromatic rings. The number of pyridine rings is 1. The Morgan fingerprint density at radius 2 is 1.95 bits per heavy atom. The number of rotatable bonds is 4. The summed E-state index contributed by atoms with van der Waals surface area (Å²) in [5.41, 5.74) is 1.60. The second-order valence-corrected chi connectivity index (χ2v) is 5.53. The van der Waals surface area contributed by atoms with E-state index in [0.29, 0.717) is 12.1 Å². The Morgan fingerprint density at radius 3 is 2.55 bits per heavy atom. The van der Waals surface area contributed by atoms with Crippen molar-refractivity contribution in [1.82, 2.24) is 9.88 Å². The van der Waals surface area contributed by atoms with Gasteiger partial charge in [0.05, 0.1) is 12.7 Å². The average Bonchev–Trinajstić information content (AvgIpc) is 2.55. The van der Waals surface area contributed by atoms with E-state index < -0.39 is 5.97 Å². The maximum Gasteiger partial charge on any atom is 0.339 e. The summed E-state index contributed by atoms with van der Waals surface area (Å²) in [5, 5.41) is 0. The van der Waals surface area contributed by atoms with Gasteiger partial charge in [0.2, 0.25) is 0 Å². The standard InChI is InChI=1S/C16H15BrN2O3/c1-19(10-12-5-3-4-6-13(12)17)15(20)14-8-7-11(9-18-14)16(21)22-2/h3-9H,10H2,1-2H3. The number of hydrogen-bond donors (Lipinski definition) is 0. The molecule has 5 nitrogen and oxygen atoms in total. The van der Waals surface area contributed by atoms with Crippen molar-refractivity contribution < 1.29 is 14.3 Å². The van der Waals surface area contributed by atoms with Crippen LogP contribution in [0.1, 0.15) is 26.4 Å². The van der Waals surface area contributed by atoms with Gasteiger partial charge in [0.1, 0.15) is 5.69 Å². The summed E-state index contributed by atoms with van der Waals surface area (Å²) >= 11 is 3.46. The largest absolute Gasteiger partial charge is 0.465 e. The zero-order valence-corrected chi connectivity index (χ0v) is 13.8. The fraction of sp³-hybridized carbons (Fsp3) is 0.188. The molecule has 0 aliphatic heterocycles. The van der Waals surface area contributed by atoms with Gasteiger partial charge >= 0.3 is 5.97 Å². The number of benzene rings is 1. The molecular weight excluding hydrogens is 348 g/mol. The van der Waals surface area contributed by atoms with Gasteiger partial charge in [0.15, 0.2) is 0 Å². The molecule has 0 spiro atoms. The van der Waals surface area contributed by atoms with Gasteiger partial charge in [-0.25, -0.2) is 4.79 Å². The number of ether oxygens (including phenoxy) is 1. The van der Waals surface area contributed by atoms with Crippen LogP contribution in [-0.4, -0.2) is 35.9 Å². The molecule has 0 N–H and O–H groups in total. The molecule has 0 saturated heterocycles. The second kappa shape index (κ2) is 7.17. The number of esters is 1. The van der Waals surface area contributed by atoms with Crippen LogP contribution < -0.4 is 0 Å². The fourth-order valence-corrected chi connectivity index (χ4v) is 2.32. The molecule has 0 bridgehead atoms. The van der Waals surface area contributed by atoms with Crippen LogP contribution in [0.15, 0.2) is 47.1 Å². The van der Waals surface area contributed by atoms with E-state index in [4.69, 9.17) is 0 Å². The first-order valence-corrected chi connectivity index (χ1v) is 7.35. The van der Waals surface area contributed by atoms with Crippen molar-refractivity contribution in [3.05, 3.63) is 63.9 Å². The van der Waals surface area contributed by atoms with Gasteiger partial charge in [-0.1, -0.05) is 34.1 Å². The summed E-state index contributed by atoms with van der Waals surface area (Å²) in [6, 6.07) is 10.8. The summed E-state index contributed by atoms with van der Waals surface area (Å²) in [7, 11) is 3.00. The highest BCUT2D eigenvalue weighted by Gasteiger charge is 2.15. The van der Waals surface area contributed by atoms with Crippen LogP contribution >= 0.6 is 15.9 Å². The number of carbonyl (C=O) groups is 2. The van der Waals surface area contributed by atoms with Gasteiger partial charge in [-0.15, -0.1) is 0 Å². The monoisotopic (exact) mass is 362 g/mol. The Hall–Kier alpha value is -2.21. The van der Waals surface area contributed by atoms with Gasteiger partial charge in [0, 0.05) is 24.3 Å². The Balaban J connectivity index is 2.10. The Bertz CT molecular complexity index is 686. The molecule has 0 atom stereocenters. The summed E-state index contributed by atoms with van der Waals surface area (Å²) in [4.78, 5) is 29.3. The van der Waals surface area contributed by atoms with Gasteiger partial charge < -0.3 is 9.64 Å². The Morgan fingerprint density at radius 1 is 1.23 bits per heavy atom. The molecule has 1 aromatic carbocycles. The fourth-order valence-electron chi connectivity index (χ4n) is 1.91. The molecular formula is C16H15BrN2O3. The number of hydrogen-bond acceptors (Lipinski definition) is 4. The molecule has 6 heteroatoms. The number of halogens is 1. The van der Waals surface area contributed by atoms with Crippen molar-refractivity contribution in [1.29, 1.82) is 0 Å². The molecule has 1 heterocycles. The molecule has 0 aliphatic carbocycles. The van der Waals surface area contributed by atoms with Gasteiger partial charge in [-0.05, 0) is 23.8 Å². The quantitative estimate of drug-likeness (QED) is 0.784. The van der Waals surface area contributed by atoms with E-state index in [1.807, 2.05) is 24.3 Å². The zero-order valence-electron chi connectivity index (χ0n) is 12.2. The number of aromatic nitrogens is 1. The molecule has 2 rings (SSSR count). The van der Waals surface area contributed by atoms with Gasteiger partial charge in [-0.3, -0.25) is 9.78 Å². The molecule has 0 unspecified atom stereocenters. The summed E-state index contributed by atoms with van der Waals surface area (Å²) < 4.78 is 5.54. The van der Waals surface area contributed by atoms with Crippen LogP contribution in [0, 0.1) is 0 Å². The molecule has 0 radical (unpaired) electrons. The minimum Gasteiger partial charge on any atom is -0.465 e. The SMILES string of the molecule is COC(=O)c1ccc(C(=O)N(C)Cc2ccccc2Br)nc1. The molecule has 1 aromatic heterocycles. The predicted molar refractivity (Wildman–Crippen MR) is 85.5 cm³/mol. The maximum absolute atomic E-state index is 12.3. The lowest BCUT2D eigenvalue weighted by atomic mass is 10.2. The van der Waals surface area contributed by atoms with Crippen LogP contribution in [0.5, 0.6) is 0 Å². The second-order valence-electron chi connectivity index (χ2n) is 4.68. The number of methoxy groups -OCH3 is 1. The van der Waals surface area contributed by atoms with Crippen LogP contribution in [0.3, 0.4) is 0 Å². The van der Waals surface area contributed by atoms with E-state index in [1.54, 1.807) is 11.9 Å². The maximum atomic E-state index is 12.3. The molecule has 1 amide bonds. The molecule has 114 valence electrons. The Labute approximate surface area is 137 Å². The third kappa shape index (κ3) is 3.71. The van der Waals surface area contributed by atoms with Gasteiger partial charge in [0.25, 0.3) is 5.91 Å². The van der Waals surface area contributed by atoms with E-state index in [1.165, 1.54) is 25.4 Å². The van der Waals surface area contributed by atoms with E-state index >= 15 is 0 Å². The van der Waals surface area contributed by atoms with E-state index in [0.717, 1.165) is 10.0 Å². The highest BCUT2D eigenvalue weighted by Crippen LogP contribution is 2.18. The van der Waals surface area contributed by atoms with Crippen LogP contribution in [-0.2, 0) is 11.3 Å². The lowest BCUT2D eigenvalue weighted by Crippen LogP contribution is -2.27. The zero-order chi connectivity index (χ0) is 16.1. The first-order valence-electron chi connectivity index (χ1n) is 6.56. The van der Waals surface area contributed by atoms with E-state index in [9.17, 15) is 9.59 Å². The van der Waals surface area contributed by atoms with E-state index in [2.05, 4.69) is 25.7 Å². The van der Waals surface area contributed by atoms with Crippen molar-refractivity contribution in [3.8, 4) is 0 Å². The third-order valence-corrected chi connectivity index (χ3v) is 3.89. The third-order valence-electron chi connectivity index (χ3n) is 3.12. The first-order chi connectivity index (χ1) is 10.5. The number of amides is 1. The minimum atomic E-state index is -0.479. The lowest BCUT2D eigenvalue weighted by Gasteiger charge is -2.17. The normalized spacial score (nSPS) is 10.1. The molecule has 0 fully saturated rings. The molecule has 0 aliphatic rings. The van der Waals surface area contributed by atoms with Crippen LogP contribution in [0.25, 0.3) is 0 Å². The smallest absolute Gasteiger partial charge is 0.339 e. The molecule has 22 heavy (non-hydrogen) atoms. The number of carbonyl (C=O) groups excluding carboxylic acids is 2. The number of nitrogens with zero attached hydrogens (tertiary/aromatic N) is 2. The Kier molecular flexibility index (Phi) is 5.27. The highest BCUT2D eigenvalue weighted by molar-refractivity contribution is 9.10. The van der Waals surface area contributed by atoms with Crippen molar-refractivity contribution >= 4 is 27.8 Å². The predicted octanol–water partition coefficient (Wildman–Crippen LogP) is 2.90. The summed E-state index contributed by atoms with van der Waals surface area (Å²) in [6.45, 7) is 0.459.